The van der Waals surface area contributed by atoms with Crippen molar-refractivity contribution in [1.82, 2.24) is 5.32 Å². The number of carbonyl (C=O) groups is 3. The van der Waals surface area contributed by atoms with Crippen molar-refractivity contribution in [2.45, 2.75) is 44.1 Å². The Morgan fingerprint density at radius 3 is 1.76 bits per heavy atom. The van der Waals surface area contributed by atoms with Crippen LogP contribution in [0.25, 0.3) is 0 Å². The molecule has 0 spiro atoms. The normalized spacial score (nSPS) is 27.6. The van der Waals surface area contributed by atoms with Gasteiger partial charge in [-0.3, -0.25) is 14.4 Å². The number of benzene rings is 2. The fraction of sp³-hybridized carbons (Fsp3) is 0.464. The molecule has 6 heteroatoms. The van der Waals surface area contributed by atoms with Crippen molar-refractivity contribution >= 4 is 17.5 Å². The van der Waals surface area contributed by atoms with Gasteiger partial charge in [0.1, 0.15) is 17.4 Å². The van der Waals surface area contributed by atoms with Gasteiger partial charge in [0, 0.05) is 11.6 Å². The second-order valence-corrected chi connectivity index (χ2v) is 10.1. The summed E-state index contributed by atoms with van der Waals surface area (Å²) in [7, 11) is 3.10. The zero-order valence-corrected chi connectivity index (χ0v) is 19.7. The number of carbonyl (C=O) groups excluding carboxylic acids is 3. The number of nitrogens with one attached hydrogen (secondary N) is 1. The van der Waals surface area contributed by atoms with Gasteiger partial charge in [0.25, 0.3) is 5.91 Å². The van der Waals surface area contributed by atoms with Gasteiger partial charge in [-0.05, 0) is 97.7 Å². The van der Waals surface area contributed by atoms with E-state index in [4.69, 9.17) is 9.47 Å². The first-order valence-corrected chi connectivity index (χ1v) is 12.1. The van der Waals surface area contributed by atoms with E-state index in [1.165, 1.54) is 6.42 Å². The van der Waals surface area contributed by atoms with Crippen LogP contribution in [0.3, 0.4) is 0 Å². The summed E-state index contributed by atoms with van der Waals surface area (Å²) < 4.78 is 10.4. The minimum atomic E-state index is -1.21. The fourth-order valence-corrected chi connectivity index (χ4v) is 6.65. The Morgan fingerprint density at radius 1 is 0.765 bits per heavy atom. The smallest absolute Gasteiger partial charge is 0.288 e. The number of ether oxygens (including phenoxy) is 2. The van der Waals surface area contributed by atoms with Gasteiger partial charge < -0.3 is 14.8 Å². The third kappa shape index (κ3) is 4.22. The molecule has 178 valence electrons. The zero-order valence-electron chi connectivity index (χ0n) is 19.7. The average molecular weight is 462 g/mol. The molecule has 2 aromatic rings. The second-order valence-electron chi connectivity index (χ2n) is 10.1. The van der Waals surface area contributed by atoms with E-state index in [2.05, 4.69) is 5.32 Å². The van der Waals surface area contributed by atoms with Gasteiger partial charge in [0.15, 0.2) is 5.78 Å². The Balaban J connectivity index is 1.39. The summed E-state index contributed by atoms with van der Waals surface area (Å²) in [6.45, 7) is 0. The highest BCUT2D eigenvalue weighted by Crippen LogP contribution is 2.53. The van der Waals surface area contributed by atoms with E-state index >= 15 is 0 Å². The van der Waals surface area contributed by atoms with Crippen LogP contribution >= 0.6 is 0 Å². The molecule has 2 aromatic carbocycles. The zero-order chi connectivity index (χ0) is 23.8. The number of rotatable bonds is 8. The molecule has 0 heterocycles. The second kappa shape index (κ2) is 9.24. The van der Waals surface area contributed by atoms with E-state index in [-0.39, 0.29) is 6.04 Å². The summed E-state index contributed by atoms with van der Waals surface area (Å²) in [5, 5.41) is 3.07. The topological polar surface area (TPSA) is 81.7 Å². The van der Waals surface area contributed by atoms with Crippen LogP contribution in [0, 0.1) is 23.7 Å². The number of ketones is 2. The van der Waals surface area contributed by atoms with Gasteiger partial charge in [0.05, 0.1) is 14.2 Å². The van der Waals surface area contributed by atoms with Gasteiger partial charge in [-0.1, -0.05) is 12.1 Å². The van der Waals surface area contributed by atoms with Gasteiger partial charge in [-0.15, -0.1) is 0 Å². The monoisotopic (exact) mass is 461 g/mol. The van der Waals surface area contributed by atoms with Crippen molar-refractivity contribution in [2.24, 2.45) is 23.7 Å². The van der Waals surface area contributed by atoms with Crippen LogP contribution in [0.15, 0.2) is 48.5 Å². The summed E-state index contributed by atoms with van der Waals surface area (Å²) in [5.41, 5.74) is 0.837. The predicted octanol–water partition coefficient (Wildman–Crippen LogP) is 4.18. The molecule has 0 radical (unpaired) electrons. The molecule has 1 N–H and O–H groups in total. The molecule has 4 fully saturated rings. The molecule has 1 amide bonds. The highest BCUT2D eigenvalue weighted by molar-refractivity contribution is 6.43. The maximum absolute atomic E-state index is 13.5. The standard InChI is InChI=1S/C28H31NO5/c1-33-22-7-3-18(4-8-22)24(26(30)19-5-9-23(34-2)10-6-19)27(31)28(32)29-25-20-12-16-11-17(14-20)15-21(25)13-16/h3-10,16-17,20-21,24-25H,11-15H2,1-2H3,(H,29,32)/t16?,17?,20?,21?,24-,25?/m0/s1. The van der Waals surface area contributed by atoms with E-state index < -0.39 is 23.4 Å². The molecule has 1 atom stereocenters. The highest BCUT2D eigenvalue weighted by Gasteiger charge is 2.49. The fourth-order valence-electron chi connectivity index (χ4n) is 6.65. The van der Waals surface area contributed by atoms with E-state index in [1.54, 1.807) is 62.8 Å². The summed E-state index contributed by atoms with van der Waals surface area (Å²) in [6.07, 6.45) is 5.87. The summed E-state index contributed by atoms with van der Waals surface area (Å²) >= 11 is 0. The summed E-state index contributed by atoms with van der Waals surface area (Å²) in [4.78, 5) is 40.3. The SMILES string of the molecule is COc1ccc(C(=O)[C@@H](C(=O)C(=O)NC2C3CC4CC(C3)CC2C4)c2ccc(OC)cc2)cc1. The number of amides is 1. The average Bonchev–Trinajstić information content (AvgIpc) is 2.86. The molecule has 4 bridgehead atoms. The van der Waals surface area contributed by atoms with Gasteiger partial charge >= 0.3 is 0 Å². The van der Waals surface area contributed by atoms with E-state index in [9.17, 15) is 14.4 Å². The van der Waals surface area contributed by atoms with Crippen molar-refractivity contribution in [3.05, 3.63) is 59.7 Å². The van der Waals surface area contributed by atoms with Gasteiger partial charge in [-0.25, -0.2) is 0 Å². The Morgan fingerprint density at radius 2 is 1.26 bits per heavy atom. The lowest BCUT2D eigenvalue weighted by Crippen LogP contribution is -2.57. The predicted molar refractivity (Wildman–Crippen MR) is 127 cm³/mol. The van der Waals surface area contributed by atoms with Crippen molar-refractivity contribution in [2.75, 3.05) is 14.2 Å². The van der Waals surface area contributed by atoms with Crippen molar-refractivity contribution < 1.29 is 23.9 Å². The van der Waals surface area contributed by atoms with Gasteiger partial charge in [0.2, 0.25) is 5.78 Å². The third-order valence-corrected chi connectivity index (χ3v) is 8.10. The summed E-state index contributed by atoms with van der Waals surface area (Å²) in [5.74, 6) is 0.696. The Bertz CT molecular complexity index is 1050. The molecule has 0 unspecified atom stereocenters. The van der Waals surface area contributed by atoms with Crippen LogP contribution in [0.4, 0.5) is 0 Å². The molecule has 6 nitrogen and oxygen atoms in total. The molecule has 4 saturated carbocycles. The first kappa shape index (κ1) is 22.6. The molecule has 34 heavy (non-hydrogen) atoms. The molecule has 6 rings (SSSR count). The van der Waals surface area contributed by atoms with E-state index in [0.29, 0.717) is 34.5 Å². The van der Waals surface area contributed by atoms with Crippen LogP contribution in [0.1, 0.15) is 53.9 Å². The molecular formula is C28H31NO5. The van der Waals surface area contributed by atoms with Crippen LogP contribution in [-0.2, 0) is 9.59 Å². The van der Waals surface area contributed by atoms with Crippen molar-refractivity contribution in [3.63, 3.8) is 0 Å². The number of hydrogen-bond acceptors (Lipinski definition) is 5. The minimum Gasteiger partial charge on any atom is -0.497 e. The first-order chi connectivity index (χ1) is 16.5. The van der Waals surface area contributed by atoms with E-state index in [0.717, 1.165) is 37.5 Å². The Labute approximate surface area is 200 Å². The van der Waals surface area contributed by atoms with Crippen LogP contribution in [0.5, 0.6) is 11.5 Å². The Hall–Kier alpha value is -3.15. The highest BCUT2D eigenvalue weighted by atomic mass is 16.5. The largest absolute Gasteiger partial charge is 0.497 e. The van der Waals surface area contributed by atoms with Crippen LogP contribution < -0.4 is 14.8 Å². The quantitative estimate of drug-likeness (QED) is 0.362. The lowest BCUT2D eigenvalue weighted by atomic mass is 9.54. The molecule has 0 saturated heterocycles. The van der Waals surface area contributed by atoms with Gasteiger partial charge in [-0.2, -0.15) is 0 Å². The first-order valence-electron chi connectivity index (χ1n) is 12.1. The maximum atomic E-state index is 13.5. The number of Topliss-reactive ketones (excluding diaryl/α,β-unsaturated/α-hetero) is 2. The van der Waals surface area contributed by atoms with Crippen LogP contribution in [-0.4, -0.2) is 37.7 Å². The molecule has 0 aliphatic heterocycles. The third-order valence-electron chi connectivity index (χ3n) is 8.10. The number of hydrogen-bond donors (Lipinski definition) is 1. The Kier molecular flexibility index (Phi) is 6.15. The summed E-state index contributed by atoms with van der Waals surface area (Å²) in [6, 6.07) is 13.4. The van der Waals surface area contributed by atoms with Crippen molar-refractivity contribution in [1.29, 1.82) is 0 Å². The van der Waals surface area contributed by atoms with Crippen molar-refractivity contribution in [3.8, 4) is 11.5 Å². The molecular weight excluding hydrogens is 430 g/mol. The molecule has 4 aliphatic rings. The number of methoxy groups -OCH3 is 2. The van der Waals surface area contributed by atoms with E-state index in [1.807, 2.05) is 0 Å². The lowest BCUT2D eigenvalue weighted by molar-refractivity contribution is -0.140. The minimum absolute atomic E-state index is 0.0388. The molecule has 0 aromatic heterocycles. The lowest BCUT2D eigenvalue weighted by Gasteiger charge is -2.54. The molecule has 4 aliphatic carbocycles. The van der Waals surface area contributed by atoms with Crippen LogP contribution in [0.2, 0.25) is 0 Å². The maximum Gasteiger partial charge on any atom is 0.288 e.